The number of methoxy groups -OCH3 is 1. The molecule has 13 heteroatoms. The minimum absolute atomic E-state index is 0. The van der Waals surface area contributed by atoms with E-state index in [-0.39, 0.29) is 81.6 Å². The lowest BCUT2D eigenvalue weighted by molar-refractivity contribution is 0.0553. The maximum absolute atomic E-state index is 13.8. The molecule has 1 amide bonds. The standard InChI is InChI=1S/C21H20F3N5O2.3H2S/c1-31-18-8-11(2-6-14(18)22)20(30)28-12-3-5-13(16(28)7-4-12)17-9-15(19(23)24)27-21-25-10-26-29(17)21;;;/h2,6,8-10,12-13,16,19H,3-5,7H2,1H3;3*1H2/t12-,13-,16-;;;/m0.../s1. The summed E-state index contributed by atoms with van der Waals surface area (Å²) in [5.74, 6) is -0.812. The van der Waals surface area contributed by atoms with Crippen molar-refractivity contribution in [3.8, 4) is 5.75 Å². The quantitative estimate of drug-likeness (QED) is 0.505. The molecule has 2 aromatic heterocycles. The Kier molecular flexibility index (Phi) is 9.16. The number of benzene rings is 1. The lowest BCUT2D eigenvalue weighted by atomic mass is 9.86. The Morgan fingerprint density at radius 1 is 1.12 bits per heavy atom. The average Bonchev–Trinajstić information content (AvgIpc) is 3.36. The van der Waals surface area contributed by atoms with Crippen LogP contribution in [0.2, 0.25) is 0 Å². The first-order chi connectivity index (χ1) is 15.0. The zero-order valence-electron chi connectivity index (χ0n) is 18.2. The van der Waals surface area contributed by atoms with Gasteiger partial charge < -0.3 is 9.64 Å². The summed E-state index contributed by atoms with van der Waals surface area (Å²) in [4.78, 5) is 23.1. The van der Waals surface area contributed by atoms with Crippen molar-refractivity contribution in [1.82, 2.24) is 24.5 Å². The molecule has 2 fully saturated rings. The number of carbonyl (C=O) groups is 1. The Bertz CT molecular complexity index is 1170. The molecule has 0 aliphatic carbocycles. The minimum atomic E-state index is -2.73. The molecule has 0 unspecified atom stereocenters. The Morgan fingerprint density at radius 2 is 1.85 bits per heavy atom. The highest BCUT2D eigenvalue weighted by molar-refractivity contribution is 7.59. The summed E-state index contributed by atoms with van der Waals surface area (Å²) in [6.07, 6.45) is 1.63. The van der Waals surface area contributed by atoms with Gasteiger partial charge in [-0.3, -0.25) is 4.79 Å². The Balaban J connectivity index is 0.00000136. The molecule has 7 nitrogen and oxygen atoms in total. The fourth-order valence-electron chi connectivity index (χ4n) is 4.99. The van der Waals surface area contributed by atoms with Gasteiger partial charge in [-0.05, 0) is 49.9 Å². The summed E-state index contributed by atoms with van der Waals surface area (Å²) in [7, 11) is 1.35. The normalized spacial score (nSPS) is 21.0. The molecule has 0 radical (unpaired) electrons. The third-order valence-electron chi connectivity index (χ3n) is 6.36. The molecular weight excluding hydrogens is 507 g/mol. The van der Waals surface area contributed by atoms with Gasteiger partial charge in [0.2, 0.25) is 0 Å². The van der Waals surface area contributed by atoms with Crippen molar-refractivity contribution < 1.29 is 22.7 Å². The fraction of sp³-hybridized carbons (Fsp3) is 0.429. The topological polar surface area (TPSA) is 72.6 Å². The number of amides is 1. The highest BCUT2D eigenvalue weighted by atomic mass is 32.1. The van der Waals surface area contributed by atoms with E-state index < -0.39 is 12.2 Å². The summed E-state index contributed by atoms with van der Waals surface area (Å²) < 4.78 is 47.2. The molecule has 5 rings (SSSR count). The maximum Gasteiger partial charge on any atom is 0.280 e. The van der Waals surface area contributed by atoms with Gasteiger partial charge in [0, 0.05) is 23.6 Å². The second-order valence-electron chi connectivity index (χ2n) is 7.92. The van der Waals surface area contributed by atoms with Crippen LogP contribution in [-0.2, 0) is 0 Å². The Hall–Kier alpha value is -2.12. The molecule has 1 aromatic carbocycles. The van der Waals surface area contributed by atoms with Crippen LogP contribution in [0.4, 0.5) is 13.2 Å². The van der Waals surface area contributed by atoms with Crippen molar-refractivity contribution in [1.29, 1.82) is 0 Å². The lowest BCUT2D eigenvalue weighted by Crippen LogP contribution is -2.47. The summed E-state index contributed by atoms with van der Waals surface area (Å²) in [5.41, 5.74) is 0.569. The SMILES string of the molecule is COc1cc(C(=O)N2[C@H]3CC[C@H](c4cc(C(F)F)nc5ncnn45)[C@@H]2CC3)ccc1F.S.S.S. The smallest absolute Gasteiger partial charge is 0.280 e. The van der Waals surface area contributed by atoms with Gasteiger partial charge in [-0.2, -0.15) is 50.6 Å². The van der Waals surface area contributed by atoms with Gasteiger partial charge in [-0.25, -0.2) is 22.7 Å². The second kappa shape index (κ2) is 11.1. The number of hydrogen-bond donors (Lipinski definition) is 0. The number of halogens is 3. The van der Waals surface area contributed by atoms with Crippen molar-refractivity contribution in [2.75, 3.05) is 7.11 Å². The average molecular weight is 534 g/mol. The van der Waals surface area contributed by atoms with Gasteiger partial charge in [0.05, 0.1) is 12.8 Å². The highest BCUT2D eigenvalue weighted by Crippen LogP contribution is 2.45. The van der Waals surface area contributed by atoms with E-state index in [1.54, 1.807) is 0 Å². The van der Waals surface area contributed by atoms with Crippen LogP contribution in [0.25, 0.3) is 5.78 Å². The predicted molar refractivity (Wildman–Crippen MR) is 135 cm³/mol. The number of hydrogen-bond acceptors (Lipinski definition) is 5. The number of alkyl halides is 2. The zero-order chi connectivity index (χ0) is 21.7. The lowest BCUT2D eigenvalue weighted by Gasteiger charge is -2.40. The Labute approximate surface area is 215 Å². The minimum Gasteiger partial charge on any atom is -0.494 e. The maximum atomic E-state index is 13.8. The van der Waals surface area contributed by atoms with Crippen LogP contribution in [0.15, 0.2) is 30.6 Å². The molecule has 186 valence electrons. The first-order valence-electron chi connectivity index (χ1n) is 10.1. The number of carbonyl (C=O) groups excluding carboxylic acids is 1. The van der Waals surface area contributed by atoms with Crippen molar-refractivity contribution in [2.45, 2.75) is 50.1 Å². The van der Waals surface area contributed by atoms with E-state index in [4.69, 9.17) is 4.74 Å². The fourth-order valence-corrected chi connectivity index (χ4v) is 4.99. The van der Waals surface area contributed by atoms with Crippen molar-refractivity contribution in [2.24, 2.45) is 0 Å². The summed E-state index contributed by atoms with van der Waals surface area (Å²) >= 11 is 0. The summed E-state index contributed by atoms with van der Waals surface area (Å²) in [6.45, 7) is 0. The van der Waals surface area contributed by atoms with Crippen LogP contribution in [-0.4, -0.2) is 49.6 Å². The molecule has 3 atom stereocenters. The van der Waals surface area contributed by atoms with E-state index >= 15 is 0 Å². The molecule has 2 saturated heterocycles. The van der Waals surface area contributed by atoms with Crippen molar-refractivity contribution in [3.05, 3.63) is 53.4 Å². The van der Waals surface area contributed by atoms with E-state index in [0.717, 1.165) is 25.7 Å². The monoisotopic (exact) mass is 533 g/mol. The molecule has 0 saturated carbocycles. The van der Waals surface area contributed by atoms with E-state index in [1.165, 1.54) is 42.2 Å². The molecule has 3 aromatic rings. The molecule has 34 heavy (non-hydrogen) atoms. The van der Waals surface area contributed by atoms with Crippen LogP contribution < -0.4 is 4.74 Å². The van der Waals surface area contributed by atoms with Crippen LogP contribution >= 0.6 is 40.5 Å². The third kappa shape index (κ3) is 4.69. The first kappa shape index (κ1) is 28.1. The van der Waals surface area contributed by atoms with E-state index in [0.29, 0.717) is 11.3 Å². The van der Waals surface area contributed by atoms with Gasteiger partial charge in [-0.15, -0.1) is 0 Å². The third-order valence-corrected chi connectivity index (χ3v) is 6.36. The number of aromatic nitrogens is 4. The number of ether oxygens (including phenoxy) is 1. The number of rotatable bonds is 4. The van der Waals surface area contributed by atoms with Crippen LogP contribution in [0.1, 0.15) is 59.8 Å². The molecule has 0 N–H and O–H groups in total. The first-order valence-corrected chi connectivity index (χ1v) is 10.1. The molecule has 2 aliphatic heterocycles. The van der Waals surface area contributed by atoms with Crippen LogP contribution in [0, 0.1) is 5.82 Å². The van der Waals surface area contributed by atoms with E-state index in [9.17, 15) is 18.0 Å². The van der Waals surface area contributed by atoms with Crippen LogP contribution in [0.3, 0.4) is 0 Å². The number of nitrogens with zero attached hydrogens (tertiary/aromatic N) is 5. The summed E-state index contributed by atoms with van der Waals surface area (Å²) in [5, 5.41) is 4.17. The van der Waals surface area contributed by atoms with Gasteiger partial charge >= 0.3 is 0 Å². The second-order valence-corrected chi connectivity index (χ2v) is 7.92. The predicted octanol–water partition coefficient (Wildman–Crippen LogP) is 4.10. The number of fused-ring (bicyclic) bond motifs is 3. The van der Waals surface area contributed by atoms with Gasteiger partial charge in [0.15, 0.2) is 11.6 Å². The van der Waals surface area contributed by atoms with Gasteiger partial charge in [-0.1, -0.05) is 0 Å². The molecule has 0 spiro atoms. The molecule has 4 heterocycles. The van der Waals surface area contributed by atoms with Crippen molar-refractivity contribution >= 4 is 52.2 Å². The molecule has 2 aliphatic rings. The van der Waals surface area contributed by atoms with Gasteiger partial charge in [0.1, 0.15) is 12.0 Å². The van der Waals surface area contributed by atoms with Gasteiger partial charge in [0.25, 0.3) is 18.1 Å². The number of piperidine rings is 1. The molecular formula is C21H26F3N5O2S3. The summed E-state index contributed by atoms with van der Waals surface area (Å²) in [6, 6.07) is 5.32. The largest absolute Gasteiger partial charge is 0.494 e. The van der Waals surface area contributed by atoms with E-state index in [1.807, 2.05) is 4.90 Å². The zero-order valence-corrected chi connectivity index (χ0v) is 21.2. The highest BCUT2D eigenvalue weighted by Gasteiger charge is 2.46. The Morgan fingerprint density at radius 3 is 2.56 bits per heavy atom. The molecule has 2 bridgehead atoms. The van der Waals surface area contributed by atoms with E-state index in [2.05, 4.69) is 15.1 Å². The van der Waals surface area contributed by atoms with Crippen molar-refractivity contribution in [3.63, 3.8) is 0 Å². The van der Waals surface area contributed by atoms with Crippen LogP contribution in [0.5, 0.6) is 5.75 Å².